The molecule has 5 heteroatoms. The van der Waals surface area contributed by atoms with E-state index in [1.54, 1.807) is 13.3 Å². The average molecular weight is 226 g/mol. The van der Waals surface area contributed by atoms with E-state index in [2.05, 4.69) is 17.4 Å². The Hall–Kier alpha value is -1.07. The number of methoxy groups -OCH3 is 1. The van der Waals surface area contributed by atoms with Crippen LogP contribution >= 0.6 is 0 Å². The van der Waals surface area contributed by atoms with E-state index in [-0.39, 0.29) is 6.04 Å². The fourth-order valence-corrected chi connectivity index (χ4v) is 1.88. The van der Waals surface area contributed by atoms with Crippen molar-refractivity contribution in [3.05, 3.63) is 11.9 Å². The summed E-state index contributed by atoms with van der Waals surface area (Å²) in [4.78, 5) is 0. The van der Waals surface area contributed by atoms with Gasteiger partial charge in [-0.05, 0) is 6.42 Å². The van der Waals surface area contributed by atoms with E-state index in [0.29, 0.717) is 0 Å². The maximum atomic E-state index is 5.59. The molecule has 1 rings (SSSR count). The minimum atomic E-state index is 0.106. The number of nitrogens with zero attached hydrogens (tertiary/aromatic N) is 2. The van der Waals surface area contributed by atoms with Crippen molar-refractivity contribution in [1.82, 2.24) is 15.2 Å². The van der Waals surface area contributed by atoms with Crippen LogP contribution in [0.2, 0.25) is 0 Å². The third-order valence-corrected chi connectivity index (χ3v) is 2.80. The van der Waals surface area contributed by atoms with Crippen LogP contribution in [0.15, 0.2) is 6.20 Å². The van der Waals surface area contributed by atoms with Crippen LogP contribution in [0, 0.1) is 0 Å². The fourth-order valence-electron chi connectivity index (χ4n) is 1.88. The van der Waals surface area contributed by atoms with E-state index in [4.69, 9.17) is 10.6 Å². The lowest BCUT2D eigenvalue weighted by atomic mass is 10.1. The maximum Gasteiger partial charge on any atom is 0.161 e. The number of hydrogen-bond acceptors (Lipinski definition) is 4. The van der Waals surface area contributed by atoms with Gasteiger partial charge in [-0.2, -0.15) is 5.10 Å². The number of hydrogen-bond donors (Lipinski definition) is 2. The van der Waals surface area contributed by atoms with Gasteiger partial charge in [-0.3, -0.25) is 16.0 Å². The molecule has 0 aromatic carbocycles. The van der Waals surface area contributed by atoms with Crippen LogP contribution in [0.5, 0.6) is 5.75 Å². The Balaban J connectivity index is 2.73. The third-order valence-electron chi connectivity index (χ3n) is 2.80. The summed E-state index contributed by atoms with van der Waals surface area (Å²) in [6.07, 6.45) is 6.30. The molecule has 1 atom stereocenters. The van der Waals surface area contributed by atoms with Crippen molar-refractivity contribution >= 4 is 0 Å². The highest BCUT2D eigenvalue weighted by Crippen LogP contribution is 2.27. The summed E-state index contributed by atoms with van der Waals surface area (Å²) >= 11 is 0. The van der Waals surface area contributed by atoms with Crippen molar-refractivity contribution < 1.29 is 4.74 Å². The van der Waals surface area contributed by atoms with Gasteiger partial charge in [0.25, 0.3) is 0 Å². The molecule has 5 nitrogen and oxygen atoms in total. The molecule has 0 bridgehead atoms. The molecule has 0 amide bonds. The number of rotatable bonds is 7. The molecule has 0 saturated heterocycles. The van der Waals surface area contributed by atoms with Gasteiger partial charge >= 0.3 is 0 Å². The number of nitrogens with two attached hydrogens (primary N) is 1. The smallest absolute Gasteiger partial charge is 0.161 e. The van der Waals surface area contributed by atoms with E-state index >= 15 is 0 Å². The van der Waals surface area contributed by atoms with Crippen molar-refractivity contribution in [3.8, 4) is 5.75 Å². The largest absolute Gasteiger partial charge is 0.493 e. The summed E-state index contributed by atoms with van der Waals surface area (Å²) < 4.78 is 7.09. The molecule has 16 heavy (non-hydrogen) atoms. The van der Waals surface area contributed by atoms with Crippen LogP contribution in [0.25, 0.3) is 0 Å². The summed E-state index contributed by atoms with van der Waals surface area (Å²) in [6, 6.07) is 0.106. The number of aromatic nitrogens is 2. The zero-order chi connectivity index (χ0) is 12.0. The van der Waals surface area contributed by atoms with E-state index in [1.807, 2.05) is 11.7 Å². The fraction of sp³-hybridized carbons (Fsp3) is 0.727. The number of hydrazine groups is 1. The Morgan fingerprint density at radius 2 is 2.31 bits per heavy atom. The molecule has 1 aromatic heterocycles. The Labute approximate surface area is 96.9 Å². The van der Waals surface area contributed by atoms with Gasteiger partial charge in [-0.15, -0.1) is 0 Å². The number of aryl methyl sites for hydroxylation is 1. The molecule has 0 radical (unpaired) electrons. The molecule has 0 aliphatic carbocycles. The molecule has 1 heterocycles. The van der Waals surface area contributed by atoms with Gasteiger partial charge in [0.1, 0.15) is 0 Å². The first-order valence-electron chi connectivity index (χ1n) is 5.76. The molecule has 1 unspecified atom stereocenters. The first-order chi connectivity index (χ1) is 7.74. The molecular weight excluding hydrogens is 204 g/mol. The summed E-state index contributed by atoms with van der Waals surface area (Å²) in [7, 11) is 3.56. The van der Waals surface area contributed by atoms with Crippen LogP contribution in [0.1, 0.15) is 44.3 Å². The van der Waals surface area contributed by atoms with Crippen LogP contribution in [-0.2, 0) is 7.05 Å². The highest BCUT2D eigenvalue weighted by Gasteiger charge is 2.18. The normalized spacial score (nSPS) is 12.8. The second kappa shape index (κ2) is 6.50. The molecule has 1 aromatic rings. The lowest BCUT2D eigenvalue weighted by molar-refractivity contribution is 0.386. The van der Waals surface area contributed by atoms with E-state index in [9.17, 15) is 0 Å². The second-order valence-electron chi connectivity index (χ2n) is 3.94. The topological polar surface area (TPSA) is 65.1 Å². The quantitative estimate of drug-likeness (QED) is 0.420. The van der Waals surface area contributed by atoms with Gasteiger partial charge in [0.2, 0.25) is 0 Å². The molecule has 0 fully saturated rings. The molecule has 0 spiro atoms. The summed E-state index contributed by atoms with van der Waals surface area (Å²) in [5.74, 6) is 6.39. The number of nitrogens with one attached hydrogen (secondary N) is 1. The van der Waals surface area contributed by atoms with Crippen molar-refractivity contribution in [2.45, 2.75) is 38.6 Å². The predicted molar refractivity (Wildman–Crippen MR) is 64.0 cm³/mol. The predicted octanol–water partition coefficient (Wildman–Crippen LogP) is 1.51. The first kappa shape index (κ1) is 13.0. The Bertz CT molecular complexity index is 311. The van der Waals surface area contributed by atoms with Gasteiger partial charge in [0, 0.05) is 7.05 Å². The maximum absolute atomic E-state index is 5.59. The van der Waals surface area contributed by atoms with Gasteiger partial charge < -0.3 is 4.74 Å². The third kappa shape index (κ3) is 2.96. The SMILES string of the molecule is CCCCCC(NN)c1c(OC)cnn1C. The van der Waals surface area contributed by atoms with Gasteiger partial charge in [-0.25, -0.2) is 0 Å². The molecule has 0 saturated carbocycles. The molecule has 3 N–H and O–H groups in total. The van der Waals surface area contributed by atoms with Crippen molar-refractivity contribution in [2.75, 3.05) is 7.11 Å². The Morgan fingerprint density at radius 1 is 1.56 bits per heavy atom. The minimum absolute atomic E-state index is 0.106. The van der Waals surface area contributed by atoms with Crippen LogP contribution in [-0.4, -0.2) is 16.9 Å². The minimum Gasteiger partial charge on any atom is -0.493 e. The number of ether oxygens (including phenoxy) is 1. The van der Waals surface area contributed by atoms with E-state index in [0.717, 1.165) is 24.3 Å². The molecule has 0 aliphatic heterocycles. The molecular formula is C11H22N4O. The first-order valence-corrected chi connectivity index (χ1v) is 5.76. The highest BCUT2D eigenvalue weighted by atomic mass is 16.5. The monoisotopic (exact) mass is 226 g/mol. The van der Waals surface area contributed by atoms with Crippen molar-refractivity contribution in [3.63, 3.8) is 0 Å². The summed E-state index contributed by atoms with van der Waals surface area (Å²) in [6.45, 7) is 2.19. The zero-order valence-electron chi connectivity index (χ0n) is 10.4. The lowest BCUT2D eigenvalue weighted by Gasteiger charge is -2.17. The van der Waals surface area contributed by atoms with Gasteiger partial charge in [0.05, 0.1) is 25.0 Å². The standard InChI is InChI=1S/C11H22N4O/c1-4-5-6-7-9(14-12)11-10(16-3)8-13-15(11)2/h8-9,14H,4-7,12H2,1-3H3. The molecule has 92 valence electrons. The van der Waals surface area contributed by atoms with Crippen LogP contribution < -0.4 is 16.0 Å². The Kier molecular flexibility index (Phi) is 5.28. The summed E-state index contributed by atoms with van der Waals surface area (Å²) in [5.41, 5.74) is 3.85. The lowest BCUT2D eigenvalue weighted by Crippen LogP contribution is -2.29. The van der Waals surface area contributed by atoms with E-state index in [1.165, 1.54) is 12.8 Å². The average Bonchev–Trinajstić information content (AvgIpc) is 2.66. The number of unbranched alkanes of at least 4 members (excludes halogenated alkanes) is 2. The van der Waals surface area contributed by atoms with Crippen LogP contribution in [0.4, 0.5) is 0 Å². The van der Waals surface area contributed by atoms with Gasteiger partial charge in [0.15, 0.2) is 5.75 Å². The van der Waals surface area contributed by atoms with Crippen molar-refractivity contribution in [1.29, 1.82) is 0 Å². The zero-order valence-corrected chi connectivity index (χ0v) is 10.4. The van der Waals surface area contributed by atoms with Crippen LogP contribution in [0.3, 0.4) is 0 Å². The highest BCUT2D eigenvalue weighted by molar-refractivity contribution is 5.27. The van der Waals surface area contributed by atoms with E-state index < -0.39 is 0 Å². The molecule has 0 aliphatic rings. The second-order valence-corrected chi connectivity index (χ2v) is 3.94. The van der Waals surface area contributed by atoms with Crippen molar-refractivity contribution in [2.24, 2.45) is 12.9 Å². The summed E-state index contributed by atoms with van der Waals surface area (Å²) in [5, 5.41) is 4.18. The van der Waals surface area contributed by atoms with Gasteiger partial charge in [-0.1, -0.05) is 26.2 Å². The Morgan fingerprint density at radius 3 is 2.88 bits per heavy atom.